The maximum Gasteiger partial charge on any atom is 0.353 e. The lowest BCUT2D eigenvalue weighted by Crippen LogP contribution is -2.63. The first-order valence-electron chi connectivity index (χ1n) is 10.7. The molecule has 0 radical (unpaired) electrons. The predicted molar refractivity (Wildman–Crippen MR) is 114 cm³/mol. The van der Waals surface area contributed by atoms with E-state index in [1.54, 1.807) is 18.7 Å². The zero-order valence-corrected chi connectivity index (χ0v) is 18.2. The maximum absolute atomic E-state index is 12.4. The van der Waals surface area contributed by atoms with Gasteiger partial charge in [-0.05, 0) is 32.6 Å². The first-order valence-corrected chi connectivity index (χ1v) is 11.6. The Morgan fingerprint density at radius 3 is 2.67 bits per heavy atom. The highest BCUT2D eigenvalue weighted by atomic mass is 32.2. The number of hydrogen-bond donors (Lipinski definition) is 5. The molecule has 0 bridgehead atoms. The van der Waals surface area contributed by atoms with E-state index in [0.717, 1.165) is 43.7 Å². The van der Waals surface area contributed by atoms with Crippen LogP contribution < -0.4 is 11.1 Å². The molecule has 1 amide bonds. The Morgan fingerprint density at radius 2 is 2.07 bits per heavy atom. The van der Waals surface area contributed by atoms with Crippen molar-refractivity contribution in [3.05, 3.63) is 10.6 Å². The van der Waals surface area contributed by atoms with Crippen molar-refractivity contribution < 1.29 is 19.8 Å². The minimum absolute atomic E-state index is 0.0238. The van der Waals surface area contributed by atoms with E-state index in [4.69, 9.17) is 11.1 Å². The number of rotatable bonds is 6. The number of nitrogens with one attached hydrogen (secondary N) is 2. The van der Waals surface area contributed by atoms with Crippen molar-refractivity contribution in [1.29, 1.82) is 5.41 Å². The molecular formula is C20H31N5O4S. The van der Waals surface area contributed by atoms with Crippen molar-refractivity contribution >= 4 is 29.6 Å². The van der Waals surface area contributed by atoms with Gasteiger partial charge in [0.05, 0.1) is 18.1 Å². The first-order chi connectivity index (χ1) is 14.2. The SMILES string of the molecule is CC(O)[C@H]1C(=O)N2C(C(=O)O)=C(SC3CN([C@H]4CCC[C@@H](NC(=N)N)C4)C3)[C@H](C)[C@H]12. The number of hydrogen-bond acceptors (Lipinski definition) is 6. The summed E-state index contributed by atoms with van der Waals surface area (Å²) >= 11 is 1.59. The van der Waals surface area contributed by atoms with E-state index in [9.17, 15) is 19.8 Å². The van der Waals surface area contributed by atoms with Crippen LogP contribution in [0.4, 0.5) is 0 Å². The van der Waals surface area contributed by atoms with Crippen LogP contribution in [0.15, 0.2) is 10.6 Å². The molecule has 0 aromatic heterocycles. The summed E-state index contributed by atoms with van der Waals surface area (Å²) in [6.07, 6.45) is 3.46. The van der Waals surface area contributed by atoms with E-state index in [2.05, 4.69) is 10.2 Å². The molecule has 166 valence electrons. The van der Waals surface area contributed by atoms with E-state index in [0.29, 0.717) is 11.3 Å². The molecule has 6 N–H and O–H groups in total. The monoisotopic (exact) mass is 437 g/mol. The second-order valence-electron chi connectivity index (χ2n) is 9.04. The average Bonchev–Trinajstić information content (AvgIpc) is 2.86. The Labute approximate surface area is 180 Å². The number of aliphatic hydroxyl groups excluding tert-OH is 1. The molecule has 0 aromatic carbocycles. The molecule has 3 fully saturated rings. The van der Waals surface area contributed by atoms with Crippen molar-refractivity contribution in [2.45, 2.75) is 69.0 Å². The lowest BCUT2D eigenvalue weighted by atomic mass is 9.79. The van der Waals surface area contributed by atoms with Gasteiger partial charge in [0, 0.05) is 41.2 Å². The number of thioether (sulfide) groups is 1. The number of β-lactam (4-membered cyclic amide) rings is 1. The van der Waals surface area contributed by atoms with Gasteiger partial charge in [-0.2, -0.15) is 0 Å². The van der Waals surface area contributed by atoms with E-state index < -0.39 is 18.0 Å². The van der Waals surface area contributed by atoms with Gasteiger partial charge < -0.3 is 26.2 Å². The highest BCUT2D eigenvalue weighted by molar-refractivity contribution is 8.03. The zero-order valence-electron chi connectivity index (χ0n) is 17.4. The number of carbonyl (C=O) groups excluding carboxylic acids is 1. The largest absolute Gasteiger partial charge is 0.477 e. The molecule has 9 nitrogen and oxygen atoms in total. The molecule has 0 spiro atoms. The summed E-state index contributed by atoms with van der Waals surface area (Å²) in [6, 6.07) is 0.456. The summed E-state index contributed by atoms with van der Waals surface area (Å²) in [5.74, 6) is -1.91. The summed E-state index contributed by atoms with van der Waals surface area (Å²) < 4.78 is 0. The first kappa shape index (κ1) is 21.5. The molecule has 10 heteroatoms. The molecule has 6 atom stereocenters. The molecule has 30 heavy (non-hydrogen) atoms. The Bertz CT molecular complexity index is 781. The molecule has 1 saturated carbocycles. The number of guanidine groups is 1. The van der Waals surface area contributed by atoms with Crippen LogP contribution in [-0.2, 0) is 9.59 Å². The number of aliphatic carboxylic acids is 1. The van der Waals surface area contributed by atoms with Crippen molar-refractivity contribution in [1.82, 2.24) is 15.1 Å². The number of amides is 1. The topological polar surface area (TPSA) is 143 Å². The fourth-order valence-electron chi connectivity index (χ4n) is 5.55. The smallest absolute Gasteiger partial charge is 0.353 e. The quantitative estimate of drug-likeness (QED) is 0.228. The van der Waals surface area contributed by atoms with Crippen molar-refractivity contribution in [2.75, 3.05) is 13.1 Å². The highest BCUT2D eigenvalue weighted by Crippen LogP contribution is 2.52. The highest BCUT2D eigenvalue weighted by Gasteiger charge is 2.60. The minimum atomic E-state index is -1.06. The molecule has 4 aliphatic rings. The van der Waals surface area contributed by atoms with E-state index in [1.807, 2.05) is 6.92 Å². The van der Waals surface area contributed by atoms with Gasteiger partial charge in [0.2, 0.25) is 5.91 Å². The van der Waals surface area contributed by atoms with E-state index >= 15 is 0 Å². The standard InChI is InChI=1S/C20H31N5O4S/c1-9-15-14(10(2)26)18(27)25(15)16(19(28)29)17(9)30-13-7-24(8-13)12-5-3-4-11(6-12)23-20(21)22/h9-15,26H,3-8H2,1-2H3,(H,28,29)(H4,21,22,23)/t9-,10?,11-,12+,14-,15-/m1/s1. The number of carboxylic acids is 1. The van der Waals surface area contributed by atoms with Crippen LogP contribution in [0.3, 0.4) is 0 Å². The number of nitrogens with zero attached hydrogens (tertiary/aromatic N) is 2. The van der Waals surface area contributed by atoms with Gasteiger partial charge in [-0.3, -0.25) is 15.1 Å². The van der Waals surface area contributed by atoms with E-state index in [-0.39, 0.29) is 35.6 Å². The Balaban J connectivity index is 1.38. The molecule has 1 unspecified atom stereocenters. The fourth-order valence-corrected chi connectivity index (χ4v) is 7.09. The van der Waals surface area contributed by atoms with Crippen LogP contribution in [0.5, 0.6) is 0 Å². The Hall–Kier alpha value is -1.78. The normalized spacial score (nSPS) is 35.5. The van der Waals surface area contributed by atoms with Crippen LogP contribution in [0.2, 0.25) is 0 Å². The summed E-state index contributed by atoms with van der Waals surface area (Å²) in [5.41, 5.74) is 5.59. The van der Waals surface area contributed by atoms with Crippen LogP contribution in [0.1, 0.15) is 39.5 Å². The second kappa shape index (κ2) is 8.05. The fraction of sp³-hybridized carbons (Fsp3) is 0.750. The van der Waals surface area contributed by atoms with Gasteiger partial charge in [0.1, 0.15) is 5.70 Å². The van der Waals surface area contributed by atoms with Gasteiger partial charge in [-0.1, -0.05) is 6.92 Å². The molecule has 4 rings (SSSR count). The number of aliphatic hydroxyl groups is 1. The molecule has 3 aliphatic heterocycles. The molecule has 3 heterocycles. The Morgan fingerprint density at radius 1 is 1.37 bits per heavy atom. The van der Waals surface area contributed by atoms with Gasteiger partial charge in [0.15, 0.2) is 5.96 Å². The molecule has 1 aliphatic carbocycles. The number of carbonyl (C=O) groups is 2. The van der Waals surface area contributed by atoms with Gasteiger partial charge in [0.25, 0.3) is 0 Å². The third-order valence-electron chi connectivity index (χ3n) is 7.00. The predicted octanol–water partition coefficient (Wildman–Crippen LogP) is 0.352. The van der Waals surface area contributed by atoms with Gasteiger partial charge >= 0.3 is 5.97 Å². The number of carboxylic acid groups (broad SMARTS) is 1. The van der Waals surface area contributed by atoms with E-state index in [1.165, 1.54) is 4.90 Å². The number of fused-ring (bicyclic) bond motifs is 1. The van der Waals surface area contributed by atoms with Gasteiger partial charge in [-0.25, -0.2) is 4.79 Å². The summed E-state index contributed by atoms with van der Waals surface area (Å²) in [6.45, 7) is 5.35. The van der Waals surface area contributed by atoms with Crippen LogP contribution >= 0.6 is 11.8 Å². The van der Waals surface area contributed by atoms with Crippen LogP contribution in [0, 0.1) is 17.2 Å². The summed E-state index contributed by atoms with van der Waals surface area (Å²) in [5, 5.41) is 30.5. The number of likely N-dealkylation sites (tertiary alicyclic amines) is 1. The zero-order chi connectivity index (χ0) is 21.7. The van der Waals surface area contributed by atoms with Crippen molar-refractivity contribution in [3.8, 4) is 0 Å². The van der Waals surface area contributed by atoms with Crippen LogP contribution in [0.25, 0.3) is 0 Å². The maximum atomic E-state index is 12.4. The number of nitrogens with two attached hydrogens (primary N) is 1. The summed E-state index contributed by atoms with van der Waals surface area (Å²) in [7, 11) is 0. The molecule has 0 aromatic rings. The lowest BCUT2D eigenvalue weighted by Gasteiger charge is -2.47. The third-order valence-corrected chi connectivity index (χ3v) is 8.45. The Kier molecular flexibility index (Phi) is 5.75. The second-order valence-corrected chi connectivity index (χ2v) is 10.4. The van der Waals surface area contributed by atoms with Crippen molar-refractivity contribution in [3.63, 3.8) is 0 Å². The third kappa shape index (κ3) is 3.58. The molecular weight excluding hydrogens is 406 g/mol. The average molecular weight is 438 g/mol. The lowest BCUT2D eigenvalue weighted by molar-refractivity contribution is -0.163. The summed E-state index contributed by atoms with van der Waals surface area (Å²) in [4.78, 5) is 29.0. The minimum Gasteiger partial charge on any atom is -0.477 e. The van der Waals surface area contributed by atoms with Crippen LogP contribution in [-0.4, -0.2) is 80.4 Å². The van der Waals surface area contributed by atoms with Crippen molar-refractivity contribution in [2.24, 2.45) is 17.6 Å². The molecule has 2 saturated heterocycles. The van der Waals surface area contributed by atoms with Gasteiger partial charge in [-0.15, -0.1) is 11.8 Å².